The van der Waals surface area contributed by atoms with Crippen molar-refractivity contribution in [3.05, 3.63) is 0 Å². The molecule has 0 aromatic heterocycles. The first-order valence-corrected chi connectivity index (χ1v) is 6.05. The zero-order valence-corrected chi connectivity index (χ0v) is 10.6. The molecule has 0 spiro atoms. The van der Waals surface area contributed by atoms with Crippen LogP contribution in [0.1, 0.15) is 20.3 Å². The normalized spacial score (nSPS) is 27.9. The first kappa shape index (κ1) is 15.2. The highest BCUT2D eigenvalue weighted by molar-refractivity contribution is 5.81. The fourth-order valence-electron chi connectivity index (χ4n) is 1.98. The topological polar surface area (TPSA) is 58.4 Å². The maximum Gasteiger partial charge on any atom is 0.405 e. The van der Waals surface area contributed by atoms with Crippen molar-refractivity contribution in [2.24, 2.45) is 11.7 Å². The summed E-state index contributed by atoms with van der Waals surface area (Å²) in [6, 6.07) is -0.609. The predicted octanol–water partition coefficient (Wildman–Crippen LogP) is 0.723. The average molecular weight is 267 g/mol. The lowest BCUT2D eigenvalue weighted by molar-refractivity contribution is -0.141. The van der Waals surface area contributed by atoms with E-state index in [0.717, 1.165) is 6.42 Å². The van der Waals surface area contributed by atoms with Crippen LogP contribution in [-0.4, -0.2) is 48.7 Å². The number of halogens is 3. The lowest BCUT2D eigenvalue weighted by Crippen LogP contribution is -2.55. The van der Waals surface area contributed by atoms with E-state index < -0.39 is 24.7 Å². The number of piperidine rings is 1. The highest BCUT2D eigenvalue weighted by Gasteiger charge is 2.32. The summed E-state index contributed by atoms with van der Waals surface area (Å²) in [5.74, 6) is -0.222. The fraction of sp³-hybridized carbons (Fsp3) is 0.909. The Balaban J connectivity index is 2.44. The van der Waals surface area contributed by atoms with Gasteiger partial charge < -0.3 is 11.1 Å². The van der Waals surface area contributed by atoms with Crippen molar-refractivity contribution in [2.75, 3.05) is 19.6 Å². The smallest absolute Gasteiger partial charge is 0.346 e. The number of nitrogens with zero attached hydrogens (tertiary/aromatic N) is 1. The van der Waals surface area contributed by atoms with E-state index in [1.165, 1.54) is 0 Å². The molecule has 3 N–H and O–H groups in total. The molecule has 1 aliphatic rings. The molecule has 1 aliphatic heterocycles. The van der Waals surface area contributed by atoms with Crippen molar-refractivity contribution >= 4 is 5.91 Å². The first-order valence-electron chi connectivity index (χ1n) is 6.05. The number of nitrogens with one attached hydrogen (secondary N) is 1. The zero-order chi connectivity index (χ0) is 13.9. The highest BCUT2D eigenvalue weighted by atomic mass is 19.4. The van der Waals surface area contributed by atoms with Gasteiger partial charge in [-0.3, -0.25) is 9.69 Å². The molecule has 0 aromatic rings. The van der Waals surface area contributed by atoms with Crippen molar-refractivity contribution in [1.82, 2.24) is 10.2 Å². The molecule has 4 nitrogen and oxygen atoms in total. The highest BCUT2D eigenvalue weighted by Crippen LogP contribution is 2.18. The van der Waals surface area contributed by atoms with Crippen LogP contribution in [0.5, 0.6) is 0 Å². The summed E-state index contributed by atoms with van der Waals surface area (Å²) < 4.78 is 36.0. The van der Waals surface area contributed by atoms with Gasteiger partial charge >= 0.3 is 6.18 Å². The van der Waals surface area contributed by atoms with E-state index in [-0.39, 0.29) is 6.04 Å². The van der Waals surface area contributed by atoms with Gasteiger partial charge in [-0.2, -0.15) is 13.2 Å². The number of nitrogens with two attached hydrogens (primary N) is 1. The molecule has 1 heterocycles. The number of carbonyl (C=O) groups excluding carboxylic acids is 1. The second-order valence-electron chi connectivity index (χ2n) is 4.93. The largest absolute Gasteiger partial charge is 0.405 e. The van der Waals surface area contributed by atoms with Gasteiger partial charge in [0, 0.05) is 12.6 Å². The SMILES string of the molecule is CC1CCN(C(C)C(=O)NCC(F)(F)F)CC1N. The van der Waals surface area contributed by atoms with Gasteiger partial charge in [0.15, 0.2) is 0 Å². The molecule has 0 aliphatic carbocycles. The van der Waals surface area contributed by atoms with E-state index in [4.69, 9.17) is 5.73 Å². The molecule has 0 bridgehead atoms. The Bertz CT molecular complexity index is 296. The van der Waals surface area contributed by atoms with Crippen LogP contribution in [0.2, 0.25) is 0 Å². The van der Waals surface area contributed by atoms with E-state index in [0.29, 0.717) is 19.0 Å². The van der Waals surface area contributed by atoms with Crippen LogP contribution < -0.4 is 11.1 Å². The summed E-state index contributed by atoms with van der Waals surface area (Å²) in [5.41, 5.74) is 5.90. The number of hydrogen-bond acceptors (Lipinski definition) is 3. The number of alkyl halides is 3. The predicted molar refractivity (Wildman–Crippen MR) is 61.9 cm³/mol. The Morgan fingerprint density at radius 3 is 2.67 bits per heavy atom. The minimum absolute atomic E-state index is 0.0309. The molecule has 0 saturated carbocycles. The Kier molecular flexibility index (Phi) is 4.98. The van der Waals surface area contributed by atoms with Crippen LogP contribution in [-0.2, 0) is 4.79 Å². The van der Waals surface area contributed by atoms with Crippen molar-refractivity contribution in [2.45, 2.75) is 38.5 Å². The molecule has 1 saturated heterocycles. The van der Waals surface area contributed by atoms with Gasteiger partial charge in [-0.25, -0.2) is 0 Å². The van der Waals surface area contributed by atoms with E-state index in [1.54, 1.807) is 6.92 Å². The third kappa shape index (κ3) is 4.45. The Labute approximate surface area is 105 Å². The van der Waals surface area contributed by atoms with Crippen LogP contribution in [0.4, 0.5) is 13.2 Å². The van der Waals surface area contributed by atoms with Crippen molar-refractivity contribution in [1.29, 1.82) is 0 Å². The summed E-state index contributed by atoms with van der Waals surface area (Å²) in [6.07, 6.45) is -3.51. The summed E-state index contributed by atoms with van der Waals surface area (Å²) in [5, 5.41) is 1.90. The van der Waals surface area contributed by atoms with Gasteiger partial charge in [0.2, 0.25) is 5.91 Å². The van der Waals surface area contributed by atoms with Gasteiger partial charge in [0.1, 0.15) is 6.54 Å². The van der Waals surface area contributed by atoms with Crippen LogP contribution >= 0.6 is 0 Å². The molecule has 0 radical (unpaired) electrons. The van der Waals surface area contributed by atoms with Gasteiger partial charge in [-0.05, 0) is 25.8 Å². The van der Waals surface area contributed by atoms with E-state index >= 15 is 0 Å². The number of carbonyl (C=O) groups is 1. The molecule has 7 heteroatoms. The van der Waals surface area contributed by atoms with Crippen molar-refractivity contribution in [3.8, 4) is 0 Å². The van der Waals surface area contributed by atoms with E-state index in [1.807, 2.05) is 17.1 Å². The molecule has 1 fully saturated rings. The lowest BCUT2D eigenvalue weighted by atomic mass is 9.93. The summed E-state index contributed by atoms with van der Waals surface area (Å²) >= 11 is 0. The van der Waals surface area contributed by atoms with E-state index in [2.05, 4.69) is 0 Å². The van der Waals surface area contributed by atoms with Gasteiger partial charge in [0.05, 0.1) is 6.04 Å². The Hall–Kier alpha value is -0.820. The quantitative estimate of drug-likeness (QED) is 0.792. The third-order valence-corrected chi connectivity index (χ3v) is 3.44. The summed E-state index contributed by atoms with van der Waals surface area (Å²) in [6.45, 7) is 3.59. The second kappa shape index (κ2) is 5.88. The summed E-state index contributed by atoms with van der Waals surface area (Å²) in [4.78, 5) is 13.4. The molecule has 3 unspecified atom stereocenters. The van der Waals surface area contributed by atoms with Crippen LogP contribution in [0.15, 0.2) is 0 Å². The first-order chi connectivity index (χ1) is 8.20. The maximum absolute atomic E-state index is 12.0. The fourth-order valence-corrected chi connectivity index (χ4v) is 1.98. The number of rotatable bonds is 3. The lowest BCUT2D eigenvalue weighted by Gasteiger charge is -2.38. The van der Waals surface area contributed by atoms with Crippen LogP contribution in [0.3, 0.4) is 0 Å². The van der Waals surface area contributed by atoms with Crippen LogP contribution in [0, 0.1) is 5.92 Å². The number of likely N-dealkylation sites (tertiary alicyclic amines) is 1. The Morgan fingerprint density at radius 1 is 1.56 bits per heavy atom. The van der Waals surface area contributed by atoms with Crippen molar-refractivity contribution in [3.63, 3.8) is 0 Å². The van der Waals surface area contributed by atoms with Gasteiger partial charge in [-0.15, -0.1) is 0 Å². The average Bonchev–Trinajstić information content (AvgIpc) is 2.27. The maximum atomic E-state index is 12.0. The molecule has 1 rings (SSSR count). The van der Waals surface area contributed by atoms with Crippen LogP contribution in [0.25, 0.3) is 0 Å². The monoisotopic (exact) mass is 267 g/mol. The number of amides is 1. The molecule has 0 aromatic carbocycles. The molecule has 18 heavy (non-hydrogen) atoms. The molecular formula is C11H20F3N3O. The summed E-state index contributed by atoms with van der Waals surface area (Å²) in [7, 11) is 0. The molecule has 1 amide bonds. The number of hydrogen-bond donors (Lipinski definition) is 2. The molecular weight excluding hydrogens is 247 g/mol. The van der Waals surface area contributed by atoms with Crippen molar-refractivity contribution < 1.29 is 18.0 Å². The second-order valence-corrected chi connectivity index (χ2v) is 4.93. The minimum Gasteiger partial charge on any atom is -0.346 e. The van der Waals surface area contributed by atoms with E-state index in [9.17, 15) is 18.0 Å². The Morgan fingerprint density at radius 2 is 2.17 bits per heavy atom. The standard InChI is InChI=1S/C11H20F3N3O/c1-7-3-4-17(5-9(7)15)8(2)10(18)16-6-11(12,13)14/h7-9H,3-6,15H2,1-2H3,(H,16,18). The minimum atomic E-state index is -4.37. The molecule has 3 atom stereocenters. The van der Waals surface area contributed by atoms with Gasteiger partial charge in [-0.1, -0.05) is 6.92 Å². The zero-order valence-electron chi connectivity index (χ0n) is 10.6. The third-order valence-electron chi connectivity index (χ3n) is 3.44. The van der Waals surface area contributed by atoms with Gasteiger partial charge in [0.25, 0.3) is 0 Å². The molecule has 106 valence electrons.